The number of nitrogens with zero attached hydrogens (tertiary/aromatic N) is 2. The lowest BCUT2D eigenvalue weighted by Crippen LogP contribution is -2.05. The summed E-state index contributed by atoms with van der Waals surface area (Å²) in [4.78, 5) is 4.06. The van der Waals surface area contributed by atoms with Gasteiger partial charge in [0, 0.05) is 24.1 Å². The molecule has 2 aromatic heterocycles. The summed E-state index contributed by atoms with van der Waals surface area (Å²) in [5.41, 5.74) is 1.25. The Morgan fingerprint density at radius 3 is 2.50 bits per heavy atom. The predicted octanol–water partition coefficient (Wildman–Crippen LogP) is 4.26. The number of halogens is 3. The quantitative estimate of drug-likeness (QED) is 0.649. The summed E-state index contributed by atoms with van der Waals surface area (Å²) < 4.78 is 40.1. The van der Waals surface area contributed by atoms with Crippen LogP contribution in [-0.2, 0) is 13.2 Å². The highest BCUT2D eigenvalue weighted by molar-refractivity contribution is 5.86. The Labute approximate surface area is 113 Å². The third-order valence-corrected chi connectivity index (χ3v) is 3.30. The summed E-state index contributed by atoms with van der Waals surface area (Å²) in [5.74, 6) is 0. The highest BCUT2D eigenvalue weighted by Crippen LogP contribution is 2.32. The Morgan fingerprint density at radius 2 is 1.80 bits per heavy atom. The number of pyridine rings is 1. The summed E-state index contributed by atoms with van der Waals surface area (Å²) in [5, 5.41) is 0.976. The highest BCUT2D eigenvalue weighted by atomic mass is 19.4. The van der Waals surface area contributed by atoms with Crippen molar-refractivity contribution in [3.8, 4) is 11.4 Å². The summed E-state index contributed by atoms with van der Waals surface area (Å²) in [6, 6.07) is 11.5. The molecular weight excluding hydrogens is 265 g/mol. The van der Waals surface area contributed by atoms with Gasteiger partial charge in [-0.25, -0.2) is 0 Å². The summed E-state index contributed by atoms with van der Waals surface area (Å²) in [6.07, 6.45) is -3.17. The van der Waals surface area contributed by atoms with E-state index in [1.54, 1.807) is 0 Å². The van der Waals surface area contributed by atoms with Crippen LogP contribution in [0.4, 0.5) is 13.2 Å². The fraction of sp³-hybridized carbons (Fsp3) is 0.133. The van der Waals surface area contributed by atoms with Crippen LogP contribution >= 0.6 is 0 Å². The molecule has 2 nitrogen and oxygen atoms in total. The van der Waals surface area contributed by atoms with Crippen molar-refractivity contribution < 1.29 is 13.2 Å². The molecule has 0 saturated carbocycles. The molecule has 0 aliphatic heterocycles. The molecule has 0 atom stereocenters. The van der Waals surface area contributed by atoms with E-state index in [2.05, 4.69) is 4.98 Å². The van der Waals surface area contributed by atoms with Gasteiger partial charge in [-0.1, -0.05) is 18.2 Å². The average molecular weight is 276 g/mol. The van der Waals surface area contributed by atoms with Gasteiger partial charge in [-0.05, 0) is 24.3 Å². The van der Waals surface area contributed by atoms with Crippen molar-refractivity contribution in [3.63, 3.8) is 0 Å². The Balaban J connectivity index is 2.18. The van der Waals surface area contributed by atoms with Crippen LogP contribution in [0, 0.1) is 0 Å². The zero-order valence-electron chi connectivity index (χ0n) is 10.6. The summed E-state index contributed by atoms with van der Waals surface area (Å²) in [6.45, 7) is 0. The third-order valence-electron chi connectivity index (χ3n) is 3.30. The number of aryl methyl sites for hydroxylation is 1. The van der Waals surface area contributed by atoms with Crippen molar-refractivity contribution in [2.75, 3.05) is 0 Å². The van der Waals surface area contributed by atoms with Crippen LogP contribution in [0.5, 0.6) is 0 Å². The molecule has 3 rings (SSSR count). The number of benzene rings is 1. The summed E-state index contributed by atoms with van der Waals surface area (Å²) in [7, 11) is 1.82. The lowest BCUT2D eigenvalue weighted by molar-refractivity contribution is -0.137. The van der Waals surface area contributed by atoms with Crippen molar-refractivity contribution >= 4 is 10.9 Å². The highest BCUT2D eigenvalue weighted by Gasteiger charge is 2.31. The maximum atomic E-state index is 12.8. The number of rotatable bonds is 1. The molecule has 3 aromatic rings. The lowest BCUT2D eigenvalue weighted by Gasteiger charge is -2.08. The largest absolute Gasteiger partial charge is 0.416 e. The summed E-state index contributed by atoms with van der Waals surface area (Å²) >= 11 is 0. The maximum Gasteiger partial charge on any atom is 0.416 e. The number of fused-ring (bicyclic) bond motifs is 1. The van der Waals surface area contributed by atoms with Gasteiger partial charge in [0.05, 0.1) is 17.0 Å². The van der Waals surface area contributed by atoms with Gasteiger partial charge < -0.3 is 4.57 Å². The van der Waals surface area contributed by atoms with Crippen molar-refractivity contribution in [3.05, 3.63) is 54.2 Å². The molecule has 5 heteroatoms. The molecule has 0 saturated heterocycles. The molecular formula is C15H11F3N2. The van der Waals surface area contributed by atoms with Crippen LogP contribution in [0.1, 0.15) is 5.56 Å². The average Bonchev–Trinajstić information content (AvgIpc) is 2.76. The van der Waals surface area contributed by atoms with Gasteiger partial charge in [-0.15, -0.1) is 0 Å². The van der Waals surface area contributed by atoms with E-state index >= 15 is 0 Å². The maximum absolute atomic E-state index is 12.8. The van der Waals surface area contributed by atoms with E-state index in [9.17, 15) is 13.2 Å². The fourth-order valence-corrected chi connectivity index (χ4v) is 2.28. The Bertz CT molecular complexity index is 772. The second-order valence-corrected chi connectivity index (χ2v) is 4.57. The van der Waals surface area contributed by atoms with Crippen LogP contribution in [-0.4, -0.2) is 9.55 Å². The molecule has 0 aliphatic rings. The second kappa shape index (κ2) is 4.37. The van der Waals surface area contributed by atoms with Crippen LogP contribution in [0.15, 0.2) is 48.7 Å². The number of alkyl halides is 3. The Morgan fingerprint density at radius 1 is 1.05 bits per heavy atom. The molecule has 0 radical (unpaired) electrons. The van der Waals surface area contributed by atoms with E-state index in [1.165, 1.54) is 6.20 Å². The Kier molecular flexibility index (Phi) is 2.78. The molecule has 20 heavy (non-hydrogen) atoms. The van der Waals surface area contributed by atoms with E-state index in [1.807, 2.05) is 41.9 Å². The van der Waals surface area contributed by atoms with Crippen molar-refractivity contribution in [1.29, 1.82) is 0 Å². The van der Waals surface area contributed by atoms with Crippen LogP contribution in [0.25, 0.3) is 22.3 Å². The molecule has 0 unspecified atom stereocenters. The van der Waals surface area contributed by atoms with E-state index in [4.69, 9.17) is 0 Å². The SMILES string of the molecule is Cn1c(-c2cc(C(F)(F)F)ccn2)cc2ccccc21. The van der Waals surface area contributed by atoms with Gasteiger partial charge in [0.1, 0.15) is 0 Å². The number of hydrogen-bond acceptors (Lipinski definition) is 1. The molecule has 2 heterocycles. The van der Waals surface area contributed by atoms with Gasteiger partial charge in [-0.2, -0.15) is 13.2 Å². The molecule has 0 fully saturated rings. The van der Waals surface area contributed by atoms with Crippen LogP contribution in [0.3, 0.4) is 0 Å². The minimum absolute atomic E-state index is 0.318. The van der Waals surface area contributed by atoms with Crippen LogP contribution < -0.4 is 0 Å². The van der Waals surface area contributed by atoms with Crippen molar-refractivity contribution in [2.45, 2.75) is 6.18 Å². The predicted molar refractivity (Wildman–Crippen MR) is 71.2 cm³/mol. The molecule has 0 amide bonds. The van der Waals surface area contributed by atoms with Crippen molar-refractivity contribution in [1.82, 2.24) is 9.55 Å². The van der Waals surface area contributed by atoms with E-state index in [0.717, 1.165) is 23.0 Å². The third kappa shape index (κ3) is 2.05. The number of hydrogen-bond donors (Lipinski definition) is 0. The molecule has 0 N–H and O–H groups in total. The smallest absolute Gasteiger partial charge is 0.342 e. The minimum atomic E-state index is -4.36. The lowest BCUT2D eigenvalue weighted by atomic mass is 10.2. The first kappa shape index (κ1) is 12.7. The standard InChI is InChI=1S/C15H11F3N2/c1-20-13-5-3-2-4-10(13)8-14(20)12-9-11(6-7-19-12)15(16,17)18/h2-9H,1H3. The normalized spacial score (nSPS) is 12.0. The monoisotopic (exact) mass is 276 g/mol. The Hall–Kier alpha value is -2.30. The minimum Gasteiger partial charge on any atom is -0.342 e. The first-order chi connectivity index (χ1) is 9.47. The van der Waals surface area contributed by atoms with Crippen LogP contribution in [0.2, 0.25) is 0 Å². The first-order valence-electron chi connectivity index (χ1n) is 6.05. The molecule has 0 spiro atoms. The zero-order valence-corrected chi connectivity index (χ0v) is 10.6. The van der Waals surface area contributed by atoms with Crippen molar-refractivity contribution in [2.24, 2.45) is 7.05 Å². The second-order valence-electron chi connectivity index (χ2n) is 4.57. The number of para-hydroxylation sites is 1. The number of aromatic nitrogens is 2. The van der Waals surface area contributed by atoms with Gasteiger partial charge in [0.15, 0.2) is 0 Å². The first-order valence-corrected chi connectivity index (χ1v) is 6.05. The van der Waals surface area contributed by atoms with E-state index < -0.39 is 11.7 Å². The van der Waals surface area contributed by atoms with Gasteiger partial charge >= 0.3 is 6.18 Å². The zero-order chi connectivity index (χ0) is 14.3. The molecule has 1 aromatic carbocycles. The fourth-order valence-electron chi connectivity index (χ4n) is 2.28. The van der Waals surface area contributed by atoms with E-state index in [0.29, 0.717) is 11.4 Å². The topological polar surface area (TPSA) is 17.8 Å². The van der Waals surface area contributed by atoms with Gasteiger partial charge in [0.25, 0.3) is 0 Å². The molecule has 0 bridgehead atoms. The van der Waals surface area contributed by atoms with E-state index in [-0.39, 0.29) is 0 Å². The van der Waals surface area contributed by atoms with Gasteiger partial charge in [-0.3, -0.25) is 4.98 Å². The van der Waals surface area contributed by atoms with Gasteiger partial charge in [0.2, 0.25) is 0 Å². The molecule has 102 valence electrons. The molecule has 0 aliphatic carbocycles.